The third kappa shape index (κ3) is 8.95. The summed E-state index contributed by atoms with van der Waals surface area (Å²) in [7, 11) is 4.51. The van der Waals surface area contributed by atoms with Crippen molar-refractivity contribution in [2.24, 2.45) is 11.8 Å². The maximum Gasteiger partial charge on any atom is 0.305 e. The number of hydrogen-bond acceptors (Lipinski definition) is 5. The summed E-state index contributed by atoms with van der Waals surface area (Å²) < 4.78 is 15.0. The van der Waals surface area contributed by atoms with E-state index in [4.69, 9.17) is 14.2 Å². The Hall–Kier alpha value is -1.20. The fourth-order valence-electron chi connectivity index (χ4n) is 2.44. The normalized spacial score (nSPS) is 14.2. The Morgan fingerprint density at radius 2 is 1.77 bits per heavy atom. The SMILES string of the molecule is CCCCCC(/C=C/C(OC)OC)C(CC=O)CC(=O)OC. The molecule has 0 aliphatic heterocycles. The summed E-state index contributed by atoms with van der Waals surface area (Å²) in [5.41, 5.74) is 0. The van der Waals surface area contributed by atoms with Crippen molar-refractivity contribution in [2.45, 2.75) is 51.7 Å². The molecule has 0 saturated heterocycles. The minimum Gasteiger partial charge on any atom is -0.469 e. The van der Waals surface area contributed by atoms with E-state index in [0.717, 1.165) is 32.0 Å². The molecule has 0 aromatic carbocycles. The third-order valence-corrected chi connectivity index (χ3v) is 3.78. The molecule has 5 nitrogen and oxygen atoms in total. The van der Waals surface area contributed by atoms with Crippen molar-refractivity contribution in [3.63, 3.8) is 0 Å². The molecule has 0 aliphatic rings. The molecular weight excluding hydrogens is 284 g/mol. The summed E-state index contributed by atoms with van der Waals surface area (Å²) in [6.45, 7) is 2.15. The molecule has 2 atom stereocenters. The quantitative estimate of drug-likeness (QED) is 0.172. The van der Waals surface area contributed by atoms with Gasteiger partial charge in [0.25, 0.3) is 0 Å². The first-order chi connectivity index (χ1) is 10.6. The molecule has 0 rings (SSSR count). The van der Waals surface area contributed by atoms with E-state index in [0.29, 0.717) is 6.42 Å². The minimum atomic E-state index is -0.413. The van der Waals surface area contributed by atoms with Crippen molar-refractivity contribution in [2.75, 3.05) is 21.3 Å². The number of carbonyl (C=O) groups excluding carboxylic acids is 2. The topological polar surface area (TPSA) is 61.8 Å². The molecule has 5 heteroatoms. The largest absolute Gasteiger partial charge is 0.469 e. The van der Waals surface area contributed by atoms with Gasteiger partial charge in [0.2, 0.25) is 0 Å². The molecule has 128 valence electrons. The van der Waals surface area contributed by atoms with Crippen molar-refractivity contribution < 1.29 is 23.8 Å². The Kier molecular flexibility index (Phi) is 12.7. The summed E-state index contributed by atoms with van der Waals surface area (Å²) >= 11 is 0. The van der Waals surface area contributed by atoms with E-state index in [-0.39, 0.29) is 24.2 Å². The molecule has 0 aromatic heterocycles. The molecule has 0 amide bonds. The monoisotopic (exact) mass is 314 g/mol. The van der Waals surface area contributed by atoms with Gasteiger partial charge in [-0.3, -0.25) is 4.79 Å². The van der Waals surface area contributed by atoms with Gasteiger partial charge >= 0.3 is 5.97 Å². The van der Waals surface area contributed by atoms with Crippen LogP contribution >= 0.6 is 0 Å². The van der Waals surface area contributed by atoms with Crippen LogP contribution in [0.1, 0.15) is 45.4 Å². The molecule has 0 radical (unpaired) electrons. The number of carbonyl (C=O) groups is 2. The molecule has 22 heavy (non-hydrogen) atoms. The molecule has 0 saturated carbocycles. The van der Waals surface area contributed by atoms with Gasteiger partial charge in [-0.15, -0.1) is 0 Å². The second-order valence-corrected chi connectivity index (χ2v) is 5.33. The van der Waals surface area contributed by atoms with Crippen LogP contribution in [0.2, 0.25) is 0 Å². The number of allylic oxidation sites excluding steroid dienone is 1. The van der Waals surface area contributed by atoms with Gasteiger partial charge in [0.05, 0.1) is 7.11 Å². The van der Waals surface area contributed by atoms with Crippen LogP contribution < -0.4 is 0 Å². The second kappa shape index (κ2) is 13.5. The number of esters is 1. The zero-order chi connectivity index (χ0) is 16.8. The Balaban J connectivity index is 4.94. The summed E-state index contributed by atoms with van der Waals surface area (Å²) in [4.78, 5) is 22.5. The Labute approximate surface area is 134 Å². The average Bonchev–Trinajstić information content (AvgIpc) is 2.53. The molecular formula is C17H30O5. The van der Waals surface area contributed by atoms with E-state index in [2.05, 4.69) is 6.92 Å². The lowest BCUT2D eigenvalue weighted by atomic mass is 9.83. The van der Waals surface area contributed by atoms with E-state index in [9.17, 15) is 9.59 Å². The predicted molar refractivity (Wildman–Crippen MR) is 85.4 cm³/mol. The Morgan fingerprint density at radius 3 is 2.27 bits per heavy atom. The highest BCUT2D eigenvalue weighted by Crippen LogP contribution is 2.27. The van der Waals surface area contributed by atoms with Crippen LogP contribution in [-0.2, 0) is 23.8 Å². The molecule has 0 aliphatic carbocycles. The highest BCUT2D eigenvalue weighted by Gasteiger charge is 2.22. The summed E-state index contributed by atoms with van der Waals surface area (Å²) in [6, 6.07) is 0. The van der Waals surface area contributed by atoms with Gasteiger partial charge in [-0.2, -0.15) is 0 Å². The Morgan fingerprint density at radius 1 is 1.09 bits per heavy atom. The van der Waals surface area contributed by atoms with Gasteiger partial charge in [0.15, 0.2) is 6.29 Å². The summed E-state index contributed by atoms with van der Waals surface area (Å²) in [5.74, 6) is -0.202. The van der Waals surface area contributed by atoms with E-state index in [1.54, 1.807) is 14.2 Å². The van der Waals surface area contributed by atoms with E-state index in [1.807, 2.05) is 12.2 Å². The lowest BCUT2D eigenvalue weighted by Crippen LogP contribution is -2.20. The standard InChI is InChI=1S/C17H30O5/c1-5-6-7-8-14(9-10-17(21-3)22-4)15(11-12-18)13-16(19)20-2/h9-10,12,14-15,17H,5-8,11,13H2,1-4H3/b10-9+. The first kappa shape index (κ1) is 20.8. The number of hydrogen-bond donors (Lipinski definition) is 0. The first-order valence-corrected chi connectivity index (χ1v) is 7.87. The lowest BCUT2D eigenvalue weighted by molar-refractivity contribution is -0.142. The number of methoxy groups -OCH3 is 3. The number of unbranched alkanes of at least 4 members (excludes halogenated alkanes) is 2. The number of aldehydes is 1. The van der Waals surface area contributed by atoms with Gasteiger partial charge in [0, 0.05) is 27.1 Å². The molecule has 2 unspecified atom stereocenters. The van der Waals surface area contributed by atoms with Crippen LogP contribution in [0, 0.1) is 11.8 Å². The van der Waals surface area contributed by atoms with Crippen molar-refractivity contribution in [1.29, 1.82) is 0 Å². The third-order valence-electron chi connectivity index (χ3n) is 3.78. The van der Waals surface area contributed by atoms with E-state index in [1.165, 1.54) is 7.11 Å². The van der Waals surface area contributed by atoms with Crippen LogP contribution in [0.4, 0.5) is 0 Å². The van der Waals surface area contributed by atoms with E-state index < -0.39 is 6.29 Å². The van der Waals surface area contributed by atoms with Crippen LogP contribution in [-0.4, -0.2) is 39.9 Å². The van der Waals surface area contributed by atoms with E-state index >= 15 is 0 Å². The summed E-state index contributed by atoms with van der Waals surface area (Å²) in [6.07, 6.45) is 9.16. The maximum absolute atomic E-state index is 11.6. The van der Waals surface area contributed by atoms with Crippen LogP contribution in [0.15, 0.2) is 12.2 Å². The lowest BCUT2D eigenvalue weighted by Gasteiger charge is -2.23. The average molecular weight is 314 g/mol. The van der Waals surface area contributed by atoms with Crippen molar-refractivity contribution in [1.82, 2.24) is 0 Å². The highest BCUT2D eigenvalue weighted by atomic mass is 16.7. The predicted octanol–water partition coefficient (Wildman–Crippen LogP) is 3.13. The molecule has 0 fully saturated rings. The maximum atomic E-state index is 11.6. The Bertz CT molecular complexity index is 323. The zero-order valence-electron chi connectivity index (χ0n) is 14.2. The fourth-order valence-corrected chi connectivity index (χ4v) is 2.44. The van der Waals surface area contributed by atoms with Crippen molar-refractivity contribution in [3.8, 4) is 0 Å². The molecule has 0 spiro atoms. The van der Waals surface area contributed by atoms with Crippen LogP contribution in [0.3, 0.4) is 0 Å². The number of rotatable bonds is 13. The van der Waals surface area contributed by atoms with Crippen LogP contribution in [0.5, 0.6) is 0 Å². The zero-order valence-corrected chi connectivity index (χ0v) is 14.2. The fraction of sp³-hybridized carbons (Fsp3) is 0.765. The van der Waals surface area contributed by atoms with Crippen molar-refractivity contribution in [3.05, 3.63) is 12.2 Å². The number of ether oxygens (including phenoxy) is 3. The van der Waals surface area contributed by atoms with Gasteiger partial charge < -0.3 is 19.0 Å². The summed E-state index contributed by atoms with van der Waals surface area (Å²) in [5, 5.41) is 0. The smallest absolute Gasteiger partial charge is 0.305 e. The van der Waals surface area contributed by atoms with Gasteiger partial charge in [-0.25, -0.2) is 0 Å². The van der Waals surface area contributed by atoms with Crippen LogP contribution in [0.25, 0.3) is 0 Å². The molecule has 0 aromatic rings. The van der Waals surface area contributed by atoms with Gasteiger partial charge in [-0.1, -0.05) is 32.3 Å². The first-order valence-electron chi connectivity index (χ1n) is 7.87. The molecule has 0 bridgehead atoms. The second-order valence-electron chi connectivity index (χ2n) is 5.33. The molecule has 0 N–H and O–H groups in total. The van der Waals surface area contributed by atoms with Gasteiger partial charge in [-0.05, 0) is 24.3 Å². The van der Waals surface area contributed by atoms with Gasteiger partial charge in [0.1, 0.15) is 6.29 Å². The highest BCUT2D eigenvalue weighted by molar-refractivity contribution is 5.70. The molecule has 0 heterocycles. The minimum absolute atomic E-state index is 0.0487. The van der Waals surface area contributed by atoms with Crippen molar-refractivity contribution >= 4 is 12.3 Å².